The Morgan fingerprint density at radius 3 is 2.88 bits per heavy atom. The molecule has 0 spiro atoms. The lowest BCUT2D eigenvalue weighted by atomic mass is 9.85. The van der Waals surface area contributed by atoms with Crippen LogP contribution >= 0.6 is 0 Å². The Hall–Kier alpha value is -2.14. The van der Waals surface area contributed by atoms with Gasteiger partial charge in [-0.15, -0.1) is 0 Å². The van der Waals surface area contributed by atoms with Crippen molar-refractivity contribution in [3.8, 4) is 11.3 Å². The van der Waals surface area contributed by atoms with Crippen molar-refractivity contribution >= 4 is 5.97 Å². The predicted molar refractivity (Wildman–Crippen MR) is 93.6 cm³/mol. The van der Waals surface area contributed by atoms with Gasteiger partial charge in [-0.3, -0.25) is 9.69 Å². The van der Waals surface area contributed by atoms with Crippen LogP contribution in [0.4, 0.5) is 0 Å². The van der Waals surface area contributed by atoms with Crippen molar-refractivity contribution in [2.24, 2.45) is 5.92 Å². The van der Waals surface area contributed by atoms with Gasteiger partial charge in [0, 0.05) is 17.7 Å². The molecular weight excluding hydrogens is 316 g/mol. The molecule has 5 heteroatoms. The minimum absolute atomic E-state index is 0.128. The number of carbonyl (C=O) groups excluding carboxylic acids is 1. The van der Waals surface area contributed by atoms with Crippen LogP contribution in [-0.4, -0.2) is 35.2 Å². The van der Waals surface area contributed by atoms with Crippen molar-refractivity contribution < 1.29 is 14.1 Å². The van der Waals surface area contributed by atoms with Crippen LogP contribution < -0.4 is 0 Å². The Bertz CT molecular complexity index is 728. The number of hydrogen-bond donors (Lipinski definition) is 0. The molecule has 1 saturated carbocycles. The number of esters is 1. The first kappa shape index (κ1) is 16.3. The molecule has 2 heterocycles. The van der Waals surface area contributed by atoms with E-state index in [0.717, 1.165) is 29.9 Å². The van der Waals surface area contributed by atoms with Gasteiger partial charge in [0.25, 0.3) is 0 Å². The van der Waals surface area contributed by atoms with Crippen molar-refractivity contribution in [3.63, 3.8) is 0 Å². The molecule has 2 aliphatic rings. The third-order valence-corrected chi connectivity index (χ3v) is 5.66. The van der Waals surface area contributed by atoms with Crippen LogP contribution in [0, 0.1) is 5.92 Å². The number of nitrogens with zero attached hydrogens (tertiary/aromatic N) is 2. The third-order valence-electron chi connectivity index (χ3n) is 5.66. The minimum atomic E-state index is -0.164. The van der Waals surface area contributed by atoms with Crippen LogP contribution in [0.2, 0.25) is 0 Å². The molecule has 0 radical (unpaired) electrons. The van der Waals surface area contributed by atoms with E-state index in [1.54, 1.807) is 0 Å². The maximum atomic E-state index is 12.3. The first-order valence-corrected chi connectivity index (χ1v) is 9.11. The number of methoxy groups -OCH3 is 1. The monoisotopic (exact) mass is 340 g/mol. The smallest absolute Gasteiger partial charge is 0.323 e. The van der Waals surface area contributed by atoms with Crippen LogP contribution in [-0.2, 0) is 16.1 Å². The molecule has 1 aliphatic heterocycles. The first-order chi connectivity index (χ1) is 12.3. The van der Waals surface area contributed by atoms with Crippen LogP contribution in [0.5, 0.6) is 0 Å². The molecule has 1 aromatic heterocycles. The molecule has 5 nitrogen and oxygen atoms in total. The lowest BCUT2D eigenvalue weighted by Crippen LogP contribution is -2.42. The molecule has 3 atom stereocenters. The second-order valence-electron chi connectivity index (χ2n) is 7.10. The molecule has 0 amide bonds. The lowest BCUT2D eigenvalue weighted by Gasteiger charge is -2.32. The average molecular weight is 340 g/mol. The van der Waals surface area contributed by atoms with Crippen molar-refractivity contribution in [1.29, 1.82) is 0 Å². The molecule has 132 valence electrons. The Labute approximate surface area is 147 Å². The van der Waals surface area contributed by atoms with Gasteiger partial charge in [-0.25, -0.2) is 0 Å². The minimum Gasteiger partial charge on any atom is -0.468 e. The van der Waals surface area contributed by atoms with E-state index in [2.05, 4.69) is 10.1 Å². The van der Waals surface area contributed by atoms with Crippen molar-refractivity contribution in [2.75, 3.05) is 7.11 Å². The van der Waals surface area contributed by atoms with Gasteiger partial charge in [-0.2, -0.15) is 0 Å². The van der Waals surface area contributed by atoms with E-state index >= 15 is 0 Å². The second-order valence-corrected chi connectivity index (χ2v) is 7.10. The van der Waals surface area contributed by atoms with E-state index in [0.29, 0.717) is 18.5 Å². The van der Waals surface area contributed by atoms with Crippen molar-refractivity contribution in [1.82, 2.24) is 10.1 Å². The van der Waals surface area contributed by atoms with E-state index in [-0.39, 0.29) is 12.0 Å². The van der Waals surface area contributed by atoms with Gasteiger partial charge in [0.15, 0.2) is 5.76 Å². The molecule has 1 aliphatic carbocycles. The lowest BCUT2D eigenvalue weighted by molar-refractivity contribution is -0.146. The molecule has 0 unspecified atom stereocenters. The second kappa shape index (κ2) is 7.00. The zero-order valence-electron chi connectivity index (χ0n) is 14.6. The molecule has 25 heavy (non-hydrogen) atoms. The van der Waals surface area contributed by atoms with E-state index in [4.69, 9.17) is 9.26 Å². The molecule has 0 N–H and O–H groups in total. The Kier molecular flexibility index (Phi) is 4.57. The highest BCUT2D eigenvalue weighted by Gasteiger charge is 2.45. The molecular formula is C20H24N2O3. The highest BCUT2D eigenvalue weighted by atomic mass is 16.5. The van der Waals surface area contributed by atoms with Crippen LogP contribution in [0.3, 0.4) is 0 Å². The molecule has 1 saturated heterocycles. The summed E-state index contributed by atoms with van der Waals surface area (Å²) in [7, 11) is 1.48. The standard InChI is InChI=1S/C20H24N2O3/c1-24-20(23)19-11-15-9-5-6-10-18(15)22(19)13-16-12-17(21-25-16)14-7-3-2-4-8-14/h2-4,7-8,12,15,18-19H,5-6,9-11,13H2,1H3/t15-,18+,19-/m0/s1. The first-order valence-electron chi connectivity index (χ1n) is 9.11. The van der Waals surface area contributed by atoms with Gasteiger partial charge >= 0.3 is 5.97 Å². The van der Waals surface area contributed by atoms with Gasteiger partial charge in [0.1, 0.15) is 11.7 Å². The molecule has 2 aromatic rings. The van der Waals surface area contributed by atoms with Crippen LogP contribution in [0.15, 0.2) is 40.9 Å². The fourth-order valence-corrected chi connectivity index (χ4v) is 4.46. The number of ether oxygens (including phenoxy) is 1. The van der Waals surface area contributed by atoms with Crippen molar-refractivity contribution in [3.05, 3.63) is 42.2 Å². The molecule has 1 aromatic carbocycles. The summed E-state index contributed by atoms with van der Waals surface area (Å²) in [5.41, 5.74) is 1.88. The maximum absolute atomic E-state index is 12.3. The summed E-state index contributed by atoms with van der Waals surface area (Å²) in [5.74, 6) is 1.27. The Morgan fingerprint density at radius 2 is 2.08 bits per heavy atom. The van der Waals surface area contributed by atoms with Crippen LogP contribution in [0.1, 0.15) is 37.9 Å². The normalized spacial score (nSPS) is 26.4. The number of rotatable bonds is 4. The van der Waals surface area contributed by atoms with Gasteiger partial charge in [0.2, 0.25) is 0 Å². The Morgan fingerprint density at radius 1 is 1.28 bits per heavy atom. The number of benzene rings is 1. The summed E-state index contributed by atoms with van der Waals surface area (Å²) in [6.45, 7) is 0.612. The molecule has 2 fully saturated rings. The fraction of sp³-hybridized carbons (Fsp3) is 0.500. The summed E-state index contributed by atoms with van der Waals surface area (Å²) in [4.78, 5) is 14.6. The number of hydrogen-bond acceptors (Lipinski definition) is 5. The number of aromatic nitrogens is 1. The van der Waals surface area contributed by atoms with Crippen molar-refractivity contribution in [2.45, 2.75) is 50.7 Å². The van der Waals surface area contributed by atoms with E-state index in [1.165, 1.54) is 26.4 Å². The topological polar surface area (TPSA) is 55.6 Å². The summed E-state index contributed by atoms with van der Waals surface area (Å²) in [5, 5.41) is 4.20. The summed E-state index contributed by atoms with van der Waals surface area (Å²) in [6, 6.07) is 12.3. The van der Waals surface area contributed by atoms with Gasteiger partial charge in [0.05, 0.1) is 13.7 Å². The van der Waals surface area contributed by atoms with E-state index < -0.39 is 0 Å². The number of fused-ring (bicyclic) bond motifs is 1. The van der Waals surface area contributed by atoms with Gasteiger partial charge in [-0.1, -0.05) is 48.3 Å². The summed E-state index contributed by atoms with van der Waals surface area (Å²) < 4.78 is 10.6. The third kappa shape index (κ3) is 3.21. The van der Waals surface area contributed by atoms with E-state index in [1.807, 2.05) is 36.4 Å². The quantitative estimate of drug-likeness (QED) is 0.795. The highest BCUT2D eigenvalue weighted by Crippen LogP contribution is 2.41. The average Bonchev–Trinajstić information content (AvgIpc) is 3.27. The summed E-state index contributed by atoms with van der Waals surface area (Å²) in [6.07, 6.45) is 5.76. The SMILES string of the molecule is COC(=O)[C@@H]1C[C@@H]2CCCC[C@H]2N1Cc1cc(-c2ccccc2)no1. The Balaban J connectivity index is 1.55. The zero-order chi connectivity index (χ0) is 17.2. The largest absolute Gasteiger partial charge is 0.468 e. The summed E-state index contributed by atoms with van der Waals surface area (Å²) >= 11 is 0. The van der Waals surface area contributed by atoms with E-state index in [9.17, 15) is 4.79 Å². The molecule has 4 rings (SSSR count). The molecule has 0 bridgehead atoms. The van der Waals surface area contributed by atoms with Crippen LogP contribution in [0.25, 0.3) is 11.3 Å². The maximum Gasteiger partial charge on any atom is 0.323 e. The van der Waals surface area contributed by atoms with Gasteiger partial charge < -0.3 is 9.26 Å². The number of carbonyl (C=O) groups is 1. The fourth-order valence-electron chi connectivity index (χ4n) is 4.46. The number of likely N-dealkylation sites (tertiary alicyclic amines) is 1. The predicted octanol–water partition coefficient (Wildman–Crippen LogP) is 3.65. The van der Waals surface area contributed by atoms with Gasteiger partial charge in [-0.05, 0) is 25.2 Å². The zero-order valence-corrected chi connectivity index (χ0v) is 14.6. The highest BCUT2D eigenvalue weighted by molar-refractivity contribution is 5.76.